The Hall–Kier alpha value is -3.55. The summed E-state index contributed by atoms with van der Waals surface area (Å²) < 4.78 is 10.9. The molecule has 2 aromatic carbocycles. The molecule has 2 aromatic rings. The van der Waals surface area contributed by atoms with Gasteiger partial charge in [-0.1, -0.05) is 43.9 Å². The van der Waals surface area contributed by atoms with Gasteiger partial charge in [0.25, 0.3) is 11.8 Å². The van der Waals surface area contributed by atoms with Gasteiger partial charge >= 0.3 is 0 Å². The van der Waals surface area contributed by atoms with Gasteiger partial charge in [-0.3, -0.25) is 19.3 Å². The molecule has 178 valence electrons. The monoisotopic (exact) mass is 463 g/mol. The minimum atomic E-state index is -0.732. The maximum absolute atomic E-state index is 13.7. The smallest absolute Gasteiger partial charge is 0.264 e. The molecule has 3 amide bonds. The number of para-hydroxylation sites is 1. The Morgan fingerprint density at radius 2 is 1.71 bits per heavy atom. The molecule has 8 heteroatoms. The number of hydrogen-bond acceptors (Lipinski definition) is 5. The van der Waals surface area contributed by atoms with Gasteiger partial charge in [0, 0.05) is 11.6 Å². The molecule has 1 fully saturated rings. The number of carbonyl (C=O) groups excluding carboxylic acids is 3. The van der Waals surface area contributed by atoms with E-state index >= 15 is 0 Å². The van der Waals surface area contributed by atoms with Crippen molar-refractivity contribution in [1.29, 1.82) is 0 Å². The average Bonchev–Trinajstić information content (AvgIpc) is 2.98. The molecular formula is C26H29N3O5. The van der Waals surface area contributed by atoms with E-state index in [1.54, 1.807) is 41.3 Å². The fourth-order valence-corrected chi connectivity index (χ4v) is 5.44. The van der Waals surface area contributed by atoms with Crippen LogP contribution in [0, 0.1) is 0 Å². The van der Waals surface area contributed by atoms with Crippen LogP contribution in [0.15, 0.2) is 36.4 Å². The summed E-state index contributed by atoms with van der Waals surface area (Å²) >= 11 is 0. The van der Waals surface area contributed by atoms with Gasteiger partial charge in [0.05, 0.1) is 31.0 Å². The molecule has 0 spiro atoms. The molecule has 8 nitrogen and oxygen atoms in total. The molecule has 34 heavy (non-hydrogen) atoms. The number of methoxy groups -OCH3 is 2. The van der Waals surface area contributed by atoms with E-state index in [0.29, 0.717) is 33.9 Å². The van der Waals surface area contributed by atoms with Crippen LogP contribution in [0.4, 0.5) is 5.69 Å². The van der Waals surface area contributed by atoms with E-state index in [0.717, 1.165) is 25.7 Å². The van der Waals surface area contributed by atoms with Crippen LogP contribution < -0.4 is 19.7 Å². The van der Waals surface area contributed by atoms with E-state index in [1.165, 1.54) is 32.0 Å². The number of benzene rings is 2. The fourth-order valence-electron chi connectivity index (χ4n) is 5.44. The molecule has 1 N–H and O–H groups in total. The lowest BCUT2D eigenvalue weighted by Crippen LogP contribution is -2.52. The van der Waals surface area contributed by atoms with Crippen molar-refractivity contribution >= 4 is 23.4 Å². The zero-order valence-electron chi connectivity index (χ0n) is 19.5. The molecule has 5 rings (SSSR count). The van der Waals surface area contributed by atoms with Gasteiger partial charge in [0.1, 0.15) is 12.7 Å². The van der Waals surface area contributed by atoms with Crippen LogP contribution in [0.2, 0.25) is 0 Å². The van der Waals surface area contributed by atoms with Gasteiger partial charge in [0.15, 0.2) is 11.5 Å². The first-order valence-electron chi connectivity index (χ1n) is 11.8. The number of nitrogens with one attached hydrogen (secondary N) is 1. The largest absolute Gasteiger partial charge is 0.493 e. The third-order valence-corrected chi connectivity index (χ3v) is 7.02. The SMILES string of the molecule is COc1ccc2c(c1OC)C(=O)N1c3ccccc3C(=O)N(CC(=O)NC3CCCCCC3)C21. The molecule has 1 aliphatic carbocycles. The Morgan fingerprint density at radius 3 is 2.41 bits per heavy atom. The van der Waals surface area contributed by atoms with Crippen molar-refractivity contribution < 1.29 is 23.9 Å². The number of hydrogen-bond donors (Lipinski definition) is 1. The van der Waals surface area contributed by atoms with Gasteiger partial charge < -0.3 is 19.7 Å². The van der Waals surface area contributed by atoms with E-state index < -0.39 is 6.17 Å². The van der Waals surface area contributed by atoms with E-state index in [4.69, 9.17) is 9.47 Å². The second-order valence-electron chi connectivity index (χ2n) is 9.02. The summed E-state index contributed by atoms with van der Waals surface area (Å²) in [7, 11) is 3.00. The summed E-state index contributed by atoms with van der Waals surface area (Å²) in [5.74, 6) is -0.00645. The Bertz CT molecular complexity index is 1140. The number of anilines is 1. The first kappa shape index (κ1) is 22.3. The van der Waals surface area contributed by atoms with Crippen molar-refractivity contribution in [2.45, 2.75) is 50.7 Å². The Morgan fingerprint density at radius 1 is 0.971 bits per heavy atom. The van der Waals surface area contributed by atoms with Crippen molar-refractivity contribution in [2.75, 3.05) is 25.7 Å². The van der Waals surface area contributed by atoms with Crippen molar-refractivity contribution in [2.24, 2.45) is 0 Å². The number of carbonyl (C=O) groups is 3. The topological polar surface area (TPSA) is 88.2 Å². The Kier molecular flexibility index (Phi) is 5.89. The number of fused-ring (bicyclic) bond motifs is 5. The van der Waals surface area contributed by atoms with Crippen LogP contribution >= 0.6 is 0 Å². The summed E-state index contributed by atoms with van der Waals surface area (Å²) in [5.41, 5.74) is 1.89. The number of nitrogens with zero attached hydrogens (tertiary/aromatic N) is 2. The summed E-state index contributed by atoms with van der Waals surface area (Å²) in [5, 5.41) is 3.13. The average molecular weight is 464 g/mol. The normalized spacial score (nSPS) is 19.8. The quantitative estimate of drug-likeness (QED) is 0.684. The van der Waals surface area contributed by atoms with E-state index in [-0.39, 0.29) is 30.3 Å². The van der Waals surface area contributed by atoms with Gasteiger partial charge in [-0.25, -0.2) is 0 Å². The van der Waals surface area contributed by atoms with Crippen LogP contribution in [0.25, 0.3) is 0 Å². The minimum Gasteiger partial charge on any atom is -0.493 e. The maximum Gasteiger partial charge on any atom is 0.264 e. The molecule has 2 aliphatic heterocycles. The van der Waals surface area contributed by atoms with Crippen molar-refractivity contribution in [1.82, 2.24) is 10.2 Å². The fraction of sp³-hybridized carbons (Fsp3) is 0.423. The number of rotatable bonds is 5. The standard InChI is InChI=1S/C26H29N3O5/c1-33-20-14-13-18-22(23(20)34-2)26(32)29-19-12-8-7-11-17(19)25(31)28(24(18)29)15-21(30)27-16-9-5-3-4-6-10-16/h7-8,11-14,16,24H,3-6,9-10,15H2,1-2H3,(H,27,30). The highest BCUT2D eigenvalue weighted by molar-refractivity contribution is 6.18. The number of amides is 3. The zero-order valence-corrected chi connectivity index (χ0v) is 19.5. The zero-order chi connectivity index (χ0) is 23.8. The molecule has 0 saturated heterocycles. The first-order chi connectivity index (χ1) is 16.5. The molecule has 0 bridgehead atoms. The van der Waals surface area contributed by atoms with Gasteiger partial charge in [-0.2, -0.15) is 0 Å². The highest BCUT2D eigenvalue weighted by atomic mass is 16.5. The van der Waals surface area contributed by atoms with Gasteiger partial charge in [0.2, 0.25) is 5.91 Å². The molecular weight excluding hydrogens is 434 g/mol. The summed E-state index contributed by atoms with van der Waals surface area (Å²) in [6.07, 6.45) is 5.75. The van der Waals surface area contributed by atoms with Crippen LogP contribution in [0.5, 0.6) is 11.5 Å². The molecule has 1 unspecified atom stereocenters. The third-order valence-electron chi connectivity index (χ3n) is 7.02. The second-order valence-corrected chi connectivity index (χ2v) is 9.02. The van der Waals surface area contributed by atoms with Crippen LogP contribution in [0.3, 0.4) is 0 Å². The summed E-state index contributed by atoms with van der Waals surface area (Å²) in [4.78, 5) is 43.5. The Balaban J connectivity index is 1.54. The predicted octanol–water partition coefficient (Wildman–Crippen LogP) is 3.66. The molecule has 2 heterocycles. The summed E-state index contributed by atoms with van der Waals surface area (Å²) in [6, 6.07) is 10.6. The molecule has 1 saturated carbocycles. The molecule has 0 aromatic heterocycles. The number of ether oxygens (including phenoxy) is 2. The Labute approximate surface area is 198 Å². The lowest BCUT2D eigenvalue weighted by atomic mass is 10.0. The highest BCUT2D eigenvalue weighted by Gasteiger charge is 2.50. The summed E-state index contributed by atoms with van der Waals surface area (Å²) in [6.45, 7) is -0.133. The molecule has 0 radical (unpaired) electrons. The predicted molar refractivity (Wildman–Crippen MR) is 126 cm³/mol. The first-order valence-corrected chi connectivity index (χ1v) is 11.8. The second kappa shape index (κ2) is 9.00. The van der Waals surface area contributed by atoms with Crippen molar-refractivity contribution in [3.63, 3.8) is 0 Å². The van der Waals surface area contributed by atoms with E-state index in [2.05, 4.69) is 5.32 Å². The van der Waals surface area contributed by atoms with Crippen LogP contribution in [0.1, 0.15) is 71.0 Å². The van der Waals surface area contributed by atoms with Crippen molar-refractivity contribution in [3.8, 4) is 11.5 Å². The highest BCUT2D eigenvalue weighted by Crippen LogP contribution is 2.49. The maximum atomic E-state index is 13.7. The van der Waals surface area contributed by atoms with E-state index in [9.17, 15) is 14.4 Å². The minimum absolute atomic E-state index is 0.125. The van der Waals surface area contributed by atoms with Crippen molar-refractivity contribution in [3.05, 3.63) is 53.1 Å². The lowest BCUT2D eigenvalue weighted by molar-refractivity contribution is -0.123. The molecule has 3 aliphatic rings. The third kappa shape index (κ3) is 3.57. The van der Waals surface area contributed by atoms with Gasteiger partial charge in [-0.15, -0.1) is 0 Å². The van der Waals surface area contributed by atoms with Gasteiger partial charge in [-0.05, 0) is 31.0 Å². The molecule has 1 atom stereocenters. The van der Waals surface area contributed by atoms with Crippen LogP contribution in [-0.2, 0) is 4.79 Å². The lowest BCUT2D eigenvalue weighted by Gasteiger charge is -2.40. The van der Waals surface area contributed by atoms with E-state index in [1.807, 2.05) is 0 Å². The van der Waals surface area contributed by atoms with Crippen LogP contribution in [-0.4, -0.2) is 49.4 Å².